The zero-order valence-electron chi connectivity index (χ0n) is 8.60. The lowest BCUT2D eigenvalue weighted by atomic mass is 10.1. The van der Waals surface area contributed by atoms with E-state index in [9.17, 15) is 4.79 Å². The summed E-state index contributed by atoms with van der Waals surface area (Å²) in [6.45, 7) is 3.61. The monoisotopic (exact) mass is 210 g/mol. The Morgan fingerprint density at radius 2 is 2.47 bits per heavy atom. The van der Waals surface area contributed by atoms with Gasteiger partial charge in [0.1, 0.15) is 0 Å². The van der Waals surface area contributed by atoms with Gasteiger partial charge in [0.25, 0.3) is 0 Å². The minimum atomic E-state index is -1.01. The fourth-order valence-electron chi connectivity index (χ4n) is 1.93. The smallest absolute Gasteiger partial charge is 0.358 e. The van der Waals surface area contributed by atoms with Crippen molar-refractivity contribution in [3.63, 3.8) is 0 Å². The van der Waals surface area contributed by atoms with Crippen molar-refractivity contribution in [2.45, 2.75) is 25.8 Å². The molecule has 1 fully saturated rings. The number of carboxylic acid groups (broad SMARTS) is 1. The minimum Gasteiger partial charge on any atom is -0.476 e. The van der Waals surface area contributed by atoms with Gasteiger partial charge in [-0.3, -0.25) is 0 Å². The van der Waals surface area contributed by atoms with Gasteiger partial charge in [-0.05, 0) is 26.3 Å². The Morgan fingerprint density at radius 1 is 1.67 bits per heavy atom. The van der Waals surface area contributed by atoms with Crippen LogP contribution in [-0.4, -0.2) is 39.2 Å². The molecule has 82 valence electrons. The van der Waals surface area contributed by atoms with Gasteiger partial charge in [-0.1, -0.05) is 5.21 Å². The van der Waals surface area contributed by atoms with Gasteiger partial charge >= 0.3 is 5.97 Å². The maximum absolute atomic E-state index is 10.8. The summed E-state index contributed by atoms with van der Waals surface area (Å²) in [4.78, 5) is 10.8. The predicted octanol–water partition coefficient (Wildman–Crippen LogP) is 0.209. The zero-order chi connectivity index (χ0) is 10.8. The van der Waals surface area contributed by atoms with E-state index in [2.05, 4.69) is 15.6 Å². The van der Waals surface area contributed by atoms with Gasteiger partial charge in [-0.2, -0.15) is 0 Å². The van der Waals surface area contributed by atoms with E-state index in [1.54, 1.807) is 11.6 Å². The summed E-state index contributed by atoms with van der Waals surface area (Å²) in [6, 6.07) is 0.236. The lowest BCUT2D eigenvalue weighted by Gasteiger charge is -2.23. The molecule has 1 aliphatic heterocycles. The van der Waals surface area contributed by atoms with E-state index < -0.39 is 5.97 Å². The number of aromatic nitrogens is 3. The van der Waals surface area contributed by atoms with Gasteiger partial charge < -0.3 is 10.4 Å². The summed E-state index contributed by atoms with van der Waals surface area (Å²) in [5.41, 5.74) is 0.691. The van der Waals surface area contributed by atoms with E-state index in [1.165, 1.54) is 0 Å². The van der Waals surface area contributed by atoms with Crippen LogP contribution in [0, 0.1) is 6.92 Å². The molecule has 2 N–H and O–H groups in total. The first kappa shape index (κ1) is 10.1. The second kappa shape index (κ2) is 3.98. The van der Waals surface area contributed by atoms with E-state index >= 15 is 0 Å². The SMILES string of the molecule is Cc1c(C(=O)O)nnn1C1CCCNC1. The molecule has 1 saturated heterocycles. The lowest BCUT2D eigenvalue weighted by molar-refractivity contribution is 0.0689. The van der Waals surface area contributed by atoms with Crippen LogP contribution in [0.4, 0.5) is 0 Å². The fourth-order valence-corrected chi connectivity index (χ4v) is 1.93. The molecule has 0 aromatic carbocycles. The molecule has 2 rings (SSSR count). The zero-order valence-corrected chi connectivity index (χ0v) is 8.60. The molecule has 1 aliphatic rings. The molecule has 0 bridgehead atoms. The maximum Gasteiger partial charge on any atom is 0.358 e. The number of aromatic carboxylic acids is 1. The molecule has 2 heterocycles. The highest BCUT2D eigenvalue weighted by molar-refractivity contribution is 5.86. The molecule has 0 saturated carbocycles. The number of carbonyl (C=O) groups is 1. The van der Waals surface area contributed by atoms with Crippen molar-refractivity contribution >= 4 is 5.97 Å². The van der Waals surface area contributed by atoms with Gasteiger partial charge in [0.05, 0.1) is 11.7 Å². The third-order valence-corrected chi connectivity index (χ3v) is 2.75. The van der Waals surface area contributed by atoms with E-state index in [1.807, 2.05) is 0 Å². The summed E-state index contributed by atoms with van der Waals surface area (Å²) in [5, 5.41) is 19.7. The van der Waals surface area contributed by atoms with Crippen LogP contribution in [0.15, 0.2) is 0 Å². The van der Waals surface area contributed by atoms with Crippen molar-refractivity contribution in [2.24, 2.45) is 0 Å². The summed E-state index contributed by atoms with van der Waals surface area (Å²) < 4.78 is 1.72. The van der Waals surface area contributed by atoms with Gasteiger partial charge in [0, 0.05) is 6.54 Å². The van der Waals surface area contributed by atoms with Crippen molar-refractivity contribution in [1.29, 1.82) is 0 Å². The Balaban J connectivity index is 2.24. The molecule has 15 heavy (non-hydrogen) atoms. The molecule has 0 amide bonds. The molecule has 6 heteroatoms. The molecular weight excluding hydrogens is 196 g/mol. The molecule has 1 aromatic rings. The summed E-state index contributed by atoms with van der Waals surface area (Å²) in [7, 11) is 0. The van der Waals surface area contributed by atoms with E-state index in [0.29, 0.717) is 5.69 Å². The topological polar surface area (TPSA) is 80.0 Å². The largest absolute Gasteiger partial charge is 0.476 e. The van der Waals surface area contributed by atoms with E-state index in [-0.39, 0.29) is 11.7 Å². The van der Waals surface area contributed by atoms with Gasteiger partial charge in [0.2, 0.25) is 0 Å². The first-order chi connectivity index (χ1) is 7.20. The minimum absolute atomic E-state index is 0.0561. The highest BCUT2D eigenvalue weighted by Gasteiger charge is 2.22. The Morgan fingerprint density at radius 3 is 3.00 bits per heavy atom. The molecule has 0 spiro atoms. The molecule has 1 unspecified atom stereocenters. The van der Waals surface area contributed by atoms with Crippen molar-refractivity contribution in [1.82, 2.24) is 20.3 Å². The standard InChI is InChI=1S/C9H14N4O2/c1-6-8(9(14)15)11-12-13(6)7-3-2-4-10-5-7/h7,10H,2-5H2,1H3,(H,14,15). The molecule has 6 nitrogen and oxygen atoms in total. The Hall–Kier alpha value is -1.43. The summed E-state index contributed by atoms with van der Waals surface area (Å²) >= 11 is 0. The normalized spacial score (nSPS) is 21.5. The second-order valence-electron chi connectivity index (χ2n) is 3.77. The van der Waals surface area contributed by atoms with Gasteiger partial charge in [-0.25, -0.2) is 9.48 Å². The van der Waals surface area contributed by atoms with Crippen molar-refractivity contribution in [3.05, 3.63) is 11.4 Å². The van der Waals surface area contributed by atoms with Crippen LogP contribution >= 0.6 is 0 Å². The maximum atomic E-state index is 10.8. The van der Waals surface area contributed by atoms with E-state index in [4.69, 9.17) is 5.11 Å². The molecule has 1 aromatic heterocycles. The molecular formula is C9H14N4O2. The van der Waals surface area contributed by atoms with Crippen LogP contribution < -0.4 is 5.32 Å². The Labute approximate surface area is 87.3 Å². The van der Waals surface area contributed by atoms with Crippen molar-refractivity contribution in [3.8, 4) is 0 Å². The lowest BCUT2D eigenvalue weighted by Crippen LogP contribution is -2.32. The number of rotatable bonds is 2. The number of piperidine rings is 1. The molecule has 0 aliphatic carbocycles. The summed E-state index contributed by atoms with van der Waals surface area (Å²) in [5.74, 6) is -1.01. The second-order valence-corrected chi connectivity index (χ2v) is 3.77. The average molecular weight is 210 g/mol. The van der Waals surface area contributed by atoms with Crippen molar-refractivity contribution in [2.75, 3.05) is 13.1 Å². The van der Waals surface area contributed by atoms with E-state index in [0.717, 1.165) is 25.9 Å². The highest BCUT2D eigenvalue weighted by atomic mass is 16.4. The van der Waals surface area contributed by atoms with Gasteiger partial charge in [0.15, 0.2) is 5.69 Å². The number of hydrogen-bond acceptors (Lipinski definition) is 4. The van der Waals surface area contributed by atoms with Crippen LogP contribution in [0.1, 0.15) is 35.1 Å². The van der Waals surface area contributed by atoms with Crippen LogP contribution in [-0.2, 0) is 0 Å². The number of carboxylic acids is 1. The fraction of sp³-hybridized carbons (Fsp3) is 0.667. The van der Waals surface area contributed by atoms with Crippen LogP contribution in [0.2, 0.25) is 0 Å². The third-order valence-electron chi connectivity index (χ3n) is 2.75. The Kier molecular flexibility index (Phi) is 2.68. The Bertz CT molecular complexity index is 368. The highest BCUT2D eigenvalue weighted by Crippen LogP contribution is 2.18. The summed E-state index contributed by atoms with van der Waals surface area (Å²) in [6.07, 6.45) is 2.11. The average Bonchev–Trinajstić information content (AvgIpc) is 2.61. The number of nitrogens with one attached hydrogen (secondary N) is 1. The van der Waals surface area contributed by atoms with Crippen molar-refractivity contribution < 1.29 is 9.90 Å². The number of nitrogens with zero attached hydrogens (tertiary/aromatic N) is 3. The molecule has 0 radical (unpaired) electrons. The predicted molar refractivity (Wildman–Crippen MR) is 52.9 cm³/mol. The first-order valence-electron chi connectivity index (χ1n) is 5.06. The van der Waals surface area contributed by atoms with Gasteiger partial charge in [-0.15, -0.1) is 5.10 Å². The quantitative estimate of drug-likeness (QED) is 0.729. The third kappa shape index (κ3) is 1.85. The number of hydrogen-bond donors (Lipinski definition) is 2. The first-order valence-corrected chi connectivity index (χ1v) is 5.06. The van der Waals surface area contributed by atoms with Crippen LogP contribution in [0.3, 0.4) is 0 Å². The van der Waals surface area contributed by atoms with Crippen LogP contribution in [0.5, 0.6) is 0 Å². The molecule has 1 atom stereocenters. The van der Waals surface area contributed by atoms with Crippen LogP contribution in [0.25, 0.3) is 0 Å².